The van der Waals surface area contributed by atoms with Crippen LogP contribution in [0.1, 0.15) is 5.56 Å². The molecule has 34 heavy (non-hydrogen) atoms. The first-order valence-electron chi connectivity index (χ1n) is 10.7. The van der Waals surface area contributed by atoms with E-state index in [9.17, 15) is 9.59 Å². The van der Waals surface area contributed by atoms with E-state index in [2.05, 4.69) is 5.32 Å². The molecule has 1 N–H and O–H groups in total. The highest BCUT2D eigenvalue weighted by Gasteiger charge is 2.19. The Morgan fingerprint density at radius 3 is 2.59 bits per heavy atom. The Kier molecular flexibility index (Phi) is 6.05. The number of ether oxygens (including phenoxy) is 1. The number of furan rings is 1. The molecule has 5 rings (SSSR count). The predicted molar refractivity (Wildman–Crippen MR) is 134 cm³/mol. The second-order valence-corrected chi connectivity index (χ2v) is 8.52. The lowest BCUT2D eigenvalue weighted by atomic mass is 10.2. The van der Waals surface area contributed by atoms with Crippen molar-refractivity contribution in [2.45, 2.75) is 11.7 Å². The van der Waals surface area contributed by atoms with Gasteiger partial charge in [0.25, 0.3) is 5.56 Å². The first-order valence-corrected chi connectivity index (χ1v) is 11.6. The van der Waals surface area contributed by atoms with E-state index in [0.29, 0.717) is 27.7 Å². The van der Waals surface area contributed by atoms with Gasteiger partial charge in [-0.3, -0.25) is 14.2 Å². The number of methoxy groups -OCH3 is 1. The lowest BCUT2D eigenvalue weighted by Crippen LogP contribution is -2.24. The van der Waals surface area contributed by atoms with Crippen molar-refractivity contribution in [1.82, 2.24) is 9.55 Å². The van der Waals surface area contributed by atoms with Crippen LogP contribution in [0, 0.1) is 0 Å². The lowest BCUT2D eigenvalue weighted by molar-refractivity contribution is -0.113. The summed E-state index contributed by atoms with van der Waals surface area (Å²) < 4.78 is 12.9. The summed E-state index contributed by atoms with van der Waals surface area (Å²) in [5, 5.41) is 4.05. The van der Waals surface area contributed by atoms with E-state index in [4.69, 9.17) is 14.1 Å². The van der Waals surface area contributed by atoms with Crippen LogP contribution in [0.25, 0.3) is 22.1 Å². The van der Waals surface area contributed by atoms with Crippen molar-refractivity contribution < 1.29 is 13.9 Å². The number of amides is 1. The molecule has 0 aliphatic rings. The van der Waals surface area contributed by atoms with Crippen molar-refractivity contribution >= 4 is 45.4 Å². The van der Waals surface area contributed by atoms with E-state index in [1.54, 1.807) is 13.2 Å². The summed E-state index contributed by atoms with van der Waals surface area (Å²) >= 11 is 1.21. The Hall–Kier alpha value is -4.04. The number of carbonyl (C=O) groups is 1. The number of aromatic nitrogens is 2. The van der Waals surface area contributed by atoms with Gasteiger partial charge in [-0.1, -0.05) is 60.3 Å². The lowest BCUT2D eigenvalue weighted by Gasteiger charge is -2.14. The third-order valence-corrected chi connectivity index (χ3v) is 6.33. The van der Waals surface area contributed by atoms with Crippen molar-refractivity contribution in [3.63, 3.8) is 0 Å². The van der Waals surface area contributed by atoms with Crippen LogP contribution in [0.4, 0.5) is 5.69 Å². The molecular formula is C26H21N3O4S. The summed E-state index contributed by atoms with van der Waals surface area (Å²) in [6.45, 7) is 0.228. The molecule has 0 saturated carbocycles. The van der Waals surface area contributed by atoms with Crippen LogP contribution >= 0.6 is 11.8 Å². The van der Waals surface area contributed by atoms with Gasteiger partial charge in [0.15, 0.2) is 5.16 Å². The van der Waals surface area contributed by atoms with E-state index in [0.717, 1.165) is 10.9 Å². The van der Waals surface area contributed by atoms with Gasteiger partial charge in [0.2, 0.25) is 11.5 Å². The molecule has 0 bridgehead atoms. The fraction of sp³-hybridized carbons (Fsp3) is 0.115. The zero-order valence-corrected chi connectivity index (χ0v) is 19.2. The van der Waals surface area contributed by atoms with Crippen LogP contribution in [-0.2, 0) is 11.3 Å². The molecule has 1 amide bonds. The molecule has 2 heterocycles. The van der Waals surface area contributed by atoms with Gasteiger partial charge in [-0.2, -0.15) is 0 Å². The molecule has 0 atom stereocenters. The summed E-state index contributed by atoms with van der Waals surface area (Å²) in [6, 6.07) is 24.1. The summed E-state index contributed by atoms with van der Waals surface area (Å²) in [5.74, 6) is 0.567. The zero-order chi connectivity index (χ0) is 23.5. The third-order valence-electron chi connectivity index (χ3n) is 5.36. The normalized spacial score (nSPS) is 11.1. The number of thioether (sulfide) groups is 1. The Balaban J connectivity index is 1.54. The van der Waals surface area contributed by atoms with Crippen LogP contribution in [0.15, 0.2) is 93.2 Å². The number of hydrogen-bond acceptors (Lipinski definition) is 6. The Morgan fingerprint density at radius 1 is 1.03 bits per heavy atom. The highest BCUT2D eigenvalue weighted by molar-refractivity contribution is 7.99. The van der Waals surface area contributed by atoms with Crippen molar-refractivity contribution in [2.24, 2.45) is 0 Å². The van der Waals surface area contributed by atoms with Crippen molar-refractivity contribution in [3.8, 4) is 5.75 Å². The van der Waals surface area contributed by atoms with Gasteiger partial charge >= 0.3 is 0 Å². The Labute approximate surface area is 199 Å². The Bertz CT molecular complexity index is 1540. The molecule has 7 nitrogen and oxygen atoms in total. The molecule has 0 saturated heterocycles. The smallest absolute Gasteiger partial charge is 0.298 e. The first kappa shape index (κ1) is 21.8. The average Bonchev–Trinajstić information content (AvgIpc) is 3.24. The zero-order valence-electron chi connectivity index (χ0n) is 18.4. The molecule has 0 aliphatic heterocycles. The number of nitrogens with zero attached hydrogens (tertiary/aromatic N) is 2. The van der Waals surface area contributed by atoms with Crippen LogP contribution in [-0.4, -0.2) is 28.3 Å². The van der Waals surface area contributed by atoms with E-state index in [1.165, 1.54) is 16.3 Å². The fourth-order valence-electron chi connectivity index (χ4n) is 3.76. The van der Waals surface area contributed by atoms with Gasteiger partial charge in [0.05, 0.1) is 19.4 Å². The SMILES string of the molecule is COc1ccccc1Cn1c(SCC(=O)Nc2ccccc2)nc2c(oc3ccccc32)c1=O. The highest BCUT2D eigenvalue weighted by atomic mass is 32.2. The van der Waals surface area contributed by atoms with E-state index < -0.39 is 0 Å². The van der Waals surface area contributed by atoms with Crippen LogP contribution < -0.4 is 15.6 Å². The minimum atomic E-state index is -0.307. The maximum absolute atomic E-state index is 13.5. The molecule has 0 fully saturated rings. The third kappa shape index (κ3) is 4.27. The molecule has 170 valence electrons. The van der Waals surface area contributed by atoms with E-state index in [-0.39, 0.29) is 29.3 Å². The van der Waals surface area contributed by atoms with Crippen molar-refractivity contribution in [2.75, 3.05) is 18.2 Å². The minimum absolute atomic E-state index is 0.0918. The molecule has 0 spiro atoms. The molecule has 5 aromatic rings. The van der Waals surface area contributed by atoms with Gasteiger partial charge in [-0.05, 0) is 30.3 Å². The molecule has 3 aromatic carbocycles. The second-order valence-electron chi connectivity index (χ2n) is 7.58. The topological polar surface area (TPSA) is 86.4 Å². The molecule has 0 unspecified atom stereocenters. The predicted octanol–water partition coefficient (Wildman–Crippen LogP) is 4.93. The number of rotatable bonds is 7. The number of para-hydroxylation sites is 3. The van der Waals surface area contributed by atoms with Crippen LogP contribution in [0.5, 0.6) is 5.75 Å². The van der Waals surface area contributed by atoms with Crippen molar-refractivity contribution in [1.29, 1.82) is 0 Å². The monoisotopic (exact) mass is 471 g/mol. The average molecular weight is 472 g/mol. The standard InChI is InChI=1S/C26H21N3O4S/c1-32-20-13-7-5-9-17(20)15-29-25(31)24-23(19-12-6-8-14-21(19)33-24)28-26(29)34-16-22(30)27-18-10-3-2-4-11-18/h2-14H,15-16H2,1H3,(H,27,30). The molecular weight excluding hydrogens is 450 g/mol. The minimum Gasteiger partial charge on any atom is -0.496 e. The highest BCUT2D eigenvalue weighted by Crippen LogP contribution is 2.28. The van der Waals surface area contributed by atoms with Gasteiger partial charge in [-0.15, -0.1) is 0 Å². The first-order chi connectivity index (χ1) is 16.6. The summed E-state index contributed by atoms with van der Waals surface area (Å²) in [6.07, 6.45) is 0. The second kappa shape index (κ2) is 9.44. The molecule has 8 heteroatoms. The maximum atomic E-state index is 13.5. The number of carbonyl (C=O) groups excluding carboxylic acids is 1. The van der Waals surface area contributed by atoms with Gasteiger partial charge < -0.3 is 14.5 Å². The molecule has 0 aliphatic carbocycles. The fourth-order valence-corrected chi connectivity index (χ4v) is 4.55. The van der Waals surface area contributed by atoms with Crippen LogP contribution in [0.3, 0.4) is 0 Å². The quantitative estimate of drug-likeness (QED) is 0.268. The number of nitrogens with one attached hydrogen (secondary N) is 1. The summed E-state index contributed by atoms with van der Waals surface area (Å²) in [5.41, 5.74) is 2.49. The Morgan fingerprint density at radius 2 is 1.76 bits per heavy atom. The molecule has 2 aromatic heterocycles. The summed E-state index contributed by atoms with van der Waals surface area (Å²) in [7, 11) is 1.59. The number of hydrogen-bond donors (Lipinski definition) is 1. The number of fused-ring (bicyclic) bond motifs is 3. The number of anilines is 1. The molecule has 0 radical (unpaired) electrons. The van der Waals surface area contributed by atoms with Crippen LogP contribution in [0.2, 0.25) is 0 Å². The van der Waals surface area contributed by atoms with Gasteiger partial charge in [0.1, 0.15) is 16.8 Å². The van der Waals surface area contributed by atoms with Gasteiger partial charge in [-0.25, -0.2) is 4.98 Å². The van der Waals surface area contributed by atoms with E-state index in [1.807, 2.05) is 72.8 Å². The largest absolute Gasteiger partial charge is 0.496 e. The summed E-state index contributed by atoms with van der Waals surface area (Å²) in [4.78, 5) is 30.9. The van der Waals surface area contributed by atoms with E-state index >= 15 is 0 Å². The van der Waals surface area contributed by atoms with Crippen molar-refractivity contribution in [3.05, 3.63) is 94.8 Å². The maximum Gasteiger partial charge on any atom is 0.298 e. The number of benzene rings is 3. The van der Waals surface area contributed by atoms with Gasteiger partial charge in [0, 0.05) is 16.6 Å².